The van der Waals surface area contributed by atoms with Gasteiger partial charge in [-0.05, 0) is 30.7 Å². The molecule has 5 nitrogen and oxygen atoms in total. The van der Waals surface area contributed by atoms with Crippen LogP contribution in [-0.2, 0) is 6.54 Å². The predicted molar refractivity (Wildman–Crippen MR) is 127 cm³/mol. The number of anilines is 1. The highest BCUT2D eigenvalue weighted by molar-refractivity contribution is 6.42. The number of benzene rings is 3. The summed E-state index contributed by atoms with van der Waals surface area (Å²) in [5.41, 5.74) is 3.14. The van der Waals surface area contributed by atoms with E-state index in [1.807, 2.05) is 25.1 Å². The highest BCUT2D eigenvalue weighted by Crippen LogP contribution is 2.23. The van der Waals surface area contributed by atoms with Crippen molar-refractivity contribution >= 4 is 40.7 Å². The minimum Gasteiger partial charge on any atom is -0.305 e. The maximum atomic E-state index is 13.0. The van der Waals surface area contributed by atoms with Gasteiger partial charge < -0.3 is 5.32 Å². The largest absolute Gasteiger partial charge is 0.305 e. The quantitative estimate of drug-likeness (QED) is 0.355. The Hall–Kier alpha value is -3.41. The summed E-state index contributed by atoms with van der Waals surface area (Å²) < 4.78 is 1.68. The first kappa shape index (κ1) is 21.8. The van der Waals surface area contributed by atoms with E-state index in [9.17, 15) is 9.59 Å². The van der Waals surface area contributed by atoms with E-state index in [0.717, 1.165) is 11.1 Å². The van der Waals surface area contributed by atoms with Crippen LogP contribution in [0, 0.1) is 6.92 Å². The smallest absolute Gasteiger partial charge is 0.257 e. The summed E-state index contributed by atoms with van der Waals surface area (Å²) in [5, 5.41) is 8.12. The lowest BCUT2D eigenvalue weighted by Gasteiger charge is -2.09. The van der Waals surface area contributed by atoms with Gasteiger partial charge in [0, 0.05) is 23.4 Å². The molecular weight excluding hydrogens is 445 g/mol. The van der Waals surface area contributed by atoms with Gasteiger partial charge in [-0.15, -0.1) is 0 Å². The standard InChI is InChI=1S/C25H19Cl2N3O2/c1-16-6-9-18(10-7-16)24(31)19-4-2-3-5-20(19)25(32)28-23-12-13-30(29-23)15-17-8-11-21(26)22(27)14-17/h2-14H,15H2,1H3,(H,28,29,32). The Labute approximate surface area is 195 Å². The normalized spacial score (nSPS) is 10.7. The number of hydrogen-bond donors (Lipinski definition) is 1. The molecule has 0 aliphatic heterocycles. The molecule has 1 amide bonds. The van der Waals surface area contributed by atoms with Gasteiger partial charge in [0.15, 0.2) is 11.6 Å². The van der Waals surface area contributed by atoms with Crippen LogP contribution in [0.15, 0.2) is 79.0 Å². The number of carbonyl (C=O) groups is 2. The molecule has 0 spiro atoms. The SMILES string of the molecule is Cc1ccc(C(=O)c2ccccc2C(=O)Nc2ccn(Cc3ccc(Cl)c(Cl)c3)n2)cc1. The van der Waals surface area contributed by atoms with E-state index in [0.29, 0.717) is 33.5 Å². The van der Waals surface area contributed by atoms with Crippen LogP contribution < -0.4 is 5.32 Å². The monoisotopic (exact) mass is 463 g/mol. The Morgan fingerprint density at radius 1 is 0.906 bits per heavy atom. The molecule has 0 bridgehead atoms. The Morgan fingerprint density at radius 3 is 2.34 bits per heavy atom. The van der Waals surface area contributed by atoms with Crippen LogP contribution in [0.2, 0.25) is 10.0 Å². The van der Waals surface area contributed by atoms with Gasteiger partial charge in [0.25, 0.3) is 5.91 Å². The van der Waals surface area contributed by atoms with Crippen LogP contribution in [0.25, 0.3) is 0 Å². The Bertz CT molecular complexity index is 1300. The molecule has 1 N–H and O–H groups in total. The number of ketones is 1. The average Bonchev–Trinajstić information content (AvgIpc) is 3.23. The second kappa shape index (κ2) is 9.39. The third-order valence-corrected chi connectivity index (χ3v) is 5.68. The first-order valence-electron chi connectivity index (χ1n) is 9.90. The lowest BCUT2D eigenvalue weighted by atomic mass is 9.97. The zero-order valence-corrected chi connectivity index (χ0v) is 18.7. The molecular formula is C25H19Cl2N3O2. The van der Waals surface area contributed by atoms with Gasteiger partial charge in [-0.1, -0.05) is 77.3 Å². The number of aromatic nitrogens is 2. The summed E-state index contributed by atoms with van der Waals surface area (Å²) in [5.74, 6) is -0.227. The Morgan fingerprint density at radius 2 is 1.62 bits per heavy atom. The molecule has 0 aliphatic carbocycles. The molecule has 1 heterocycles. The molecule has 4 rings (SSSR count). The molecule has 0 unspecified atom stereocenters. The predicted octanol–water partition coefficient (Wildman–Crippen LogP) is 6.03. The van der Waals surface area contributed by atoms with Crippen molar-refractivity contribution < 1.29 is 9.59 Å². The summed E-state index contributed by atoms with van der Waals surface area (Å²) >= 11 is 12.0. The molecule has 7 heteroatoms. The maximum Gasteiger partial charge on any atom is 0.257 e. The molecule has 0 fully saturated rings. The summed E-state index contributed by atoms with van der Waals surface area (Å²) in [6, 6.07) is 21.1. The van der Waals surface area contributed by atoms with Gasteiger partial charge in [0.05, 0.1) is 22.2 Å². The van der Waals surface area contributed by atoms with Crippen LogP contribution in [0.4, 0.5) is 5.82 Å². The number of aryl methyl sites for hydroxylation is 1. The van der Waals surface area contributed by atoms with E-state index >= 15 is 0 Å². The molecule has 1 aromatic heterocycles. The molecule has 0 atom stereocenters. The summed E-state index contributed by atoms with van der Waals surface area (Å²) in [6.07, 6.45) is 1.75. The van der Waals surface area contributed by atoms with E-state index in [1.165, 1.54) is 0 Å². The van der Waals surface area contributed by atoms with E-state index in [4.69, 9.17) is 23.2 Å². The summed E-state index contributed by atoms with van der Waals surface area (Å²) in [7, 11) is 0. The molecule has 0 radical (unpaired) electrons. The molecule has 32 heavy (non-hydrogen) atoms. The Kier molecular flexibility index (Phi) is 6.40. The van der Waals surface area contributed by atoms with E-state index in [1.54, 1.807) is 65.5 Å². The topological polar surface area (TPSA) is 64.0 Å². The third-order valence-electron chi connectivity index (χ3n) is 4.94. The zero-order chi connectivity index (χ0) is 22.7. The first-order valence-corrected chi connectivity index (χ1v) is 10.7. The van der Waals surface area contributed by atoms with Crippen LogP contribution in [0.1, 0.15) is 37.4 Å². The van der Waals surface area contributed by atoms with Crippen molar-refractivity contribution in [1.82, 2.24) is 9.78 Å². The average molecular weight is 464 g/mol. The van der Waals surface area contributed by atoms with Gasteiger partial charge in [0.1, 0.15) is 0 Å². The molecule has 160 valence electrons. The Balaban J connectivity index is 1.51. The van der Waals surface area contributed by atoms with Crippen molar-refractivity contribution in [1.29, 1.82) is 0 Å². The lowest BCUT2D eigenvalue weighted by Crippen LogP contribution is -2.17. The van der Waals surface area contributed by atoms with Crippen molar-refractivity contribution in [2.75, 3.05) is 5.32 Å². The van der Waals surface area contributed by atoms with E-state index in [2.05, 4.69) is 10.4 Å². The van der Waals surface area contributed by atoms with Gasteiger partial charge in [-0.2, -0.15) is 5.10 Å². The van der Waals surface area contributed by atoms with Crippen molar-refractivity contribution in [3.05, 3.63) is 117 Å². The van der Waals surface area contributed by atoms with Crippen molar-refractivity contribution in [2.45, 2.75) is 13.5 Å². The summed E-state index contributed by atoms with van der Waals surface area (Å²) in [4.78, 5) is 25.9. The number of nitrogens with one attached hydrogen (secondary N) is 1. The molecule has 3 aromatic carbocycles. The van der Waals surface area contributed by atoms with Crippen molar-refractivity contribution in [3.63, 3.8) is 0 Å². The fourth-order valence-electron chi connectivity index (χ4n) is 3.26. The van der Waals surface area contributed by atoms with Gasteiger partial charge >= 0.3 is 0 Å². The van der Waals surface area contributed by atoms with Gasteiger partial charge in [-0.25, -0.2) is 0 Å². The number of rotatable bonds is 6. The van der Waals surface area contributed by atoms with Crippen molar-refractivity contribution in [2.24, 2.45) is 0 Å². The second-order valence-electron chi connectivity index (χ2n) is 7.34. The molecule has 0 saturated heterocycles. The second-order valence-corrected chi connectivity index (χ2v) is 8.16. The van der Waals surface area contributed by atoms with Gasteiger partial charge in [0.2, 0.25) is 0 Å². The fourth-order valence-corrected chi connectivity index (χ4v) is 3.59. The minimum atomic E-state index is -0.402. The zero-order valence-electron chi connectivity index (χ0n) is 17.2. The number of amides is 1. The number of nitrogens with zero attached hydrogens (tertiary/aromatic N) is 2. The first-order chi connectivity index (χ1) is 15.4. The van der Waals surface area contributed by atoms with Crippen LogP contribution in [-0.4, -0.2) is 21.5 Å². The van der Waals surface area contributed by atoms with Gasteiger partial charge in [-0.3, -0.25) is 14.3 Å². The number of halogens is 2. The summed E-state index contributed by atoms with van der Waals surface area (Å²) in [6.45, 7) is 2.42. The third kappa shape index (κ3) is 4.90. The highest BCUT2D eigenvalue weighted by atomic mass is 35.5. The minimum absolute atomic E-state index is 0.208. The maximum absolute atomic E-state index is 13.0. The molecule has 4 aromatic rings. The molecule has 0 saturated carbocycles. The van der Waals surface area contributed by atoms with Crippen LogP contribution in [0.3, 0.4) is 0 Å². The highest BCUT2D eigenvalue weighted by Gasteiger charge is 2.18. The number of carbonyl (C=O) groups excluding carboxylic acids is 2. The molecule has 0 aliphatic rings. The fraction of sp³-hybridized carbons (Fsp3) is 0.0800. The van der Waals surface area contributed by atoms with Crippen molar-refractivity contribution in [3.8, 4) is 0 Å². The lowest BCUT2D eigenvalue weighted by molar-refractivity contribution is 0.0996. The van der Waals surface area contributed by atoms with E-state index in [-0.39, 0.29) is 11.3 Å². The number of hydrogen-bond acceptors (Lipinski definition) is 3. The van der Waals surface area contributed by atoms with E-state index < -0.39 is 5.91 Å². The van der Waals surface area contributed by atoms with Crippen LogP contribution >= 0.6 is 23.2 Å². The van der Waals surface area contributed by atoms with Crippen LogP contribution in [0.5, 0.6) is 0 Å².